The molecule has 3 N–H and O–H groups in total. The minimum atomic E-state index is -0.837. The molecule has 0 heterocycles. The Morgan fingerprint density at radius 3 is 1.22 bits per heavy atom. The van der Waals surface area contributed by atoms with Crippen LogP contribution in [-0.2, 0) is 4.79 Å². The molecule has 1 amide bonds. The maximum Gasteiger partial charge on any atom is 0.220 e. The summed E-state index contributed by atoms with van der Waals surface area (Å²) in [5, 5.41) is 23.0. The molecule has 0 aliphatic carbocycles. The van der Waals surface area contributed by atoms with E-state index in [0.717, 1.165) is 25.7 Å². The SMILES string of the molecule is CCCCCC/C=C\CCCCCCCCCC(=O)NC(CO)C(O)/C=C/CCCCCCCCCCCCCCCCCCC. The normalized spacial score (nSPS) is 13.2. The largest absolute Gasteiger partial charge is 0.394 e. The number of hydrogen-bond donors (Lipinski definition) is 3. The minimum Gasteiger partial charge on any atom is -0.394 e. The van der Waals surface area contributed by atoms with Crippen LogP contribution in [0.3, 0.4) is 0 Å². The Morgan fingerprint density at radius 2 is 0.826 bits per heavy atom. The molecule has 4 heteroatoms. The summed E-state index contributed by atoms with van der Waals surface area (Å²) in [4.78, 5) is 12.3. The van der Waals surface area contributed by atoms with Crippen LogP contribution in [0.5, 0.6) is 0 Å². The molecule has 272 valence electrons. The van der Waals surface area contributed by atoms with Crippen LogP contribution in [0.4, 0.5) is 0 Å². The van der Waals surface area contributed by atoms with Gasteiger partial charge in [0.05, 0.1) is 18.8 Å². The molecule has 4 nitrogen and oxygen atoms in total. The van der Waals surface area contributed by atoms with Crippen LogP contribution in [0.25, 0.3) is 0 Å². The van der Waals surface area contributed by atoms with Gasteiger partial charge in [0, 0.05) is 6.42 Å². The minimum absolute atomic E-state index is 0.0684. The molecular weight excluding hydrogens is 566 g/mol. The van der Waals surface area contributed by atoms with E-state index in [0.29, 0.717) is 6.42 Å². The zero-order valence-electron chi connectivity index (χ0n) is 31.1. The molecule has 0 aromatic rings. The fourth-order valence-electron chi connectivity index (χ4n) is 6.23. The lowest BCUT2D eigenvalue weighted by molar-refractivity contribution is -0.123. The first kappa shape index (κ1) is 44.9. The van der Waals surface area contributed by atoms with Crippen LogP contribution in [0.15, 0.2) is 24.3 Å². The molecule has 0 fully saturated rings. The third-order valence-electron chi connectivity index (χ3n) is 9.43. The average molecular weight is 648 g/mol. The van der Waals surface area contributed by atoms with Gasteiger partial charge in [0.25, 0.3) is 0 Å². The molecular formula is C42H81NO3. The molecule has 46 heavy (non-hydrogen) atoms. The molecule has 2 unspecified atom stereocenters. The molecule has 0 aliphatic heterocycles. The number of unbranched alkanes of at least 4 members (excludes halogenated alkanes) is 28. The number of aliphatic hydroxyl groups excluding tert-OH is 2. The second-order valence-corrected chi connectivity index (χ2v) is 14.1. The Bertz CT molecular complexity index is 661. The number of aliphatic hydroxyl groups is 2. The van der Waals surface area contributed by atoms with Crippen LogP contribution in [-0.4, -0.2) is 34.9 Å². The zero-order valence-corrected chi connectivity index (χ0v) is 31.1. The van der Waals surface area contributed by atoms with Crippen LogP contribution >= 0.6 is 0 Å². The molecule has 0 rings (SSSR count). The van der Waals surface area contributed by atoms with Gasteiger partial charge in [-0.05, 0) is 44.9 Å². The highest BCUT2D eigenvalue weighted by atomic mass is 16.3. The van der Waals surface area contributed by atoms with Gasteiger partial charge < -0.3 is 15.5 Å². The van der Waals surface area contributed by atoms with Crippen LogP contribution in [0.2, 0.25) is 0 Å². The second kappa shape index (κ2) is 38.3. The van der Waals surface area contributed by atoms with Crippen molar-refractivity contribution in [2.24, 2.45) is 0 Å². The Hall–Kier alpha value is -1.13. The van der Waals surface area contributed by atoms with Crippen molar-refractivity contribution in [3.63, 3.8) is 0 Å². The highest BCUT2D eigenvalue weighted by Crippen LogP contribution is 2.15. The van der Waals surface area contributed by atoms with E-state index in [1.54, 1.807) is 6.08 Å². The van der Waals surface area contributed by atoms with Gasteiger partial charge in [-0.15, -0.1) is 0 Å². The summed E-state index contributed by atoms with van der Waals surface area (Å²) in [6.45, 7) is 4.30. The van der Waals surface area contributed by atoms with Crippen molar-refractivity contribution in [2.75, 3.05) is 6.61 Å². The second-order valence-electron chi connectivity index (χ2n) is 14.1. The molecule has 0 aromatic carbocycles. The number of carbonyl (C=O) groups is 1. The summed E-state index contributed by atoms with van der Waals surface area (Å²) in [5.74, 6) is -0.0684. The van der Waals surface area contributed by atoms with Crippen molar-refractivity contribution in [3.05, 3.63) is 24.3 Å². The van der Waals surface area contributed by atoms with Crippen molar-refractivity contribution < 1.29 is 15.0 Å². The number of amides is 1. The predicted octanol–water partition coefficient (Wildman–Crippen LogP) is 12.5. The van der Waals surface area contributed by atoms with E-state index in [4.69, 9.17) is 0 Å². The van der Waals surface area contributed by atoms with Gasteiger partial charge in [0.1, 0.15) is 0 Å². The summed E-state index contributed by atoms with van der Waals surface area (Å²) in [6, 6.07) is -0.621. The van der Waals surface area contributed by atoms with E-state index < -0.39 is 12.1 Å². The Labute approximate surface area is 288 Å². The van der Waals surface area contributed by atoms with E-state index in [-0.39, 0.29) is 12.5 Å². The number of hydrogen-bond acceptors (Lipinski definition) is 3. The maximum absolute atomic E-state index is 12.3. The van der Waals surface area contributed by atoms with Crippen LogP contribution in [0, 0.1) is 0 Å². The zero-order chi connectivity index (χ0) is 33.6. The van der Waals surface area contributed by atoms with E-state index >= 15 is 0 Å². The van der Waals surface area contributed by atoms with Gasteiger partial charge in [-0.25, -0.2) is 0 Å². The summed E-state index contributed by atoms with van der Waals surface area (Å²) >= 11 is 0. The topological polar surface area (TPSA) is 69.6 Å². The third-order valence-corrected chi connectivity index (χ3v) is 9.43. The monoisotopic (exact) mass is 648 g/mol. The van der Waals surface area contributed by atoms with Crippen molar-refractivity contribution in [1.82, 2.24) is 5.32 Å². The molecule has 0 aliphatic rings. The lowest BCUT2D eigenvalue weighted by Gasteiger charge is -2.20. The van der Waals surface area contributed by atoms with Crippen molar-refractivity contribution in [1.29, 1.82) is 0 Å². The average Bonchev–Trinajstić information content (AvgIpc) is 3.06. The smallest absolute Gasteiger partial charge is 0.220 e. The summed E-state index contributed by atoms with van der Waals surface area (Å²) in [6.07, 6.45) is 48.4. The van der Waals surface area contributed by atoms with Gasteiger partial charge in [0.2, 0.25) is 5.91 Å². The number of rotatable bonds is 37. The lowest BCUT2D eigenvalue weighted by Crippen LogP contribution is -2.45. The van der Waals surface area contributed by atoms with Crippen LogP contribution in [0.1, 0.15) is 219 Å². The Morgan fingerprint density at radius 1 is 0.500 bits per heavy atom. The quantitative estimate of drug-likeness (QED) is 0.0464. The molecule has 0 aromatic heterocycles. The Balaban J connectivity index is 3.58. The lowest BCUT2D eigenvalue weighted by atomic mass is 10.0. The van der Waals surface area contributed by atoms with Gasteiger partial charge in [-0.2, -0.15) is 0 Å². The van der Waals surface area contributed by atoms with Gasteiger partial charge in [0.15, 0.2) is 0 Å². The first-order chi connectivity index (χ1) is 22.7. The Kier molecular flexibility index (Phi) is 37.4. The molecule has 0 saturated heterocycles. The maximum atomic E-state index is 12.3. The summed E-state index contributed by atoms with van der Waals surface area (Å²) in [7, 11) is 0. The third kappa shape index (κ3) is 34.2. The summed E-state index contributed by atoms with van der Waals surface area (Å²) in [5.41, 5.74) is 0. The standard InChI is InChI=1S/C42H81NO3/c1-3-5-7-9-11-13-15-17-19-20-21-22-24-25-27-29-31-33-35-37-41(45)40(39-44)43-42(46)38-36-34-32-30-28-26-23-18-16-14-12-10-8-6-4-2/h14,16,35,37,40-41,44-45H,3-13,15,17-34,36,38-39H2,1-2H3,(H,43,46)/b16-14-,37-35+. The first-order valence-electron chi connectivity index (χ1n) is 20.6. The van der Waals surface area contributed by atoms with E-state index in [9.17, 15) is 15.0 Å². The molecule has 2 atom stereocenters. The fraction of sp³-hybridized carbons (Fsp3) is 0.881. The number of nitrogens with one attached hydrogen (secondary N) is 1. The van der Waals surface area contributed by atoms with Gasteiger partial charge >= 0.3 is 0 Å². The van der Waals surface area contributed by atoms with E-state index in [1.165, 1.54) is 173 Å². The predicted molar refractivity (Wildman–Crippen MR) is 202 cm³/mol. The van der Waals surface area contributed by atoms with Crippen molar-refractivity contribution in [2.45, 2.75) is 231 Å². The fourth-order valence-corrected chi connectivity index (χ4v) is 6.23. The van der Waals surface area contributed by atoms with Gasteiger partial charge in [-0.3, -0.25) is 4.79 Å². The van der Waals surface area contributed by atoms with Crippen molar-refractivity contribution in [3.8, 4) is 0 Å². The summed E-state index contributed by atoms with van der Waals surface area (Å²) < 4.78 is 0. The first-order valence-corrected chi connectivity index (χ1v) is 20.6. The number of allylic oxidation sites excluding steroid dienone is 3. The highest BCUT2D eigenvalue weighted by Gasteiger charge is 2.17. The van der Waals surface area contributed by atoms with E-state index in [2.05, 4.69) is 31.3 Å². The molecule has 0 radical (unpaired) electrons. The van der Waals surface area contributed by atoms with Crippen molar-refractivity contribution >= 4 is 5.91 Å². The van der Waals surface area contributed by atoms with E-state index in [1.807, 2.05) is 6.08 Å². The van der Waals surface area contributed by atoms with Gasteiger partial charge in [-0.1, -0.05) is 192 Å². The number of carbonyl (C=O) groups excluding carboxylic acids is 1. The van der Waals surface area contributed by atoms with Crippen LogP contribution < -0.4 is 5.32 Å². The highest BCUT2D eigenvalue weighted by molar-refractivity contribution is 5.76. The molecule has 0 spiro atoms. The molecule has 0 bridgehead atoms. The molecule has 0 saturated carbocycles.